The van der Waals surface area contributed by atoms with Crippen molar-refractivity contribution in [2.45, 2.75) is 31.0 Å². The predicted octanol–water partition coefficient (Wildman–Crippen LogP) is 1.37. The average molecular weight is 333 g/mol. The first-order chi connectivity index (χ1) is 11.7. The van der Waals surface area contributed by atoms with Crippen LogP contribution in [0.1, 0.15) is 5.56 Å². The number of hydrogen-bond donors (Lipinski definition) is 2. The predicted molar refractivity (Wildman–Crippen MR) is 93.6 cm³/mol. The van der Waals surface area contributed by atoms with Crippen LogP contribution in [0.15, 0.2) is 55.6 Å². The summed E-state index contributed by atoms with van der Waals surface area (Å²) in [5, 5.41) is 21.2. The summed E-state index contributed by atoms with van der Waals surface area (Å²) >= 11 is 0. The SMILES string of the molecule is C=CCO[C@H]1[C@H](OCC=C)[C@@H](O)CN(Cc2ccccc2)C[C@@H]1O. The van der Waals surface area contributed by atoms with Gasteiger partial charge in [0.15, 0.2) is 0 Å². The highest BCUT2D eigenvalue weighted by Gasteiger charge is 2.39. The van der Waals surface area contributed by atoms with Crippen LogP contribution in [0, 0.1) is 0 Å². The first kappa shape index (κ1) is 18.8. The minimum atomic E-state index is -0.763. The van der Waals surface area contributed by atoms with E-state index in [9.17, 15) is 10.2 Å². The first-order valence-electron chi connectivity index (χ1n) is 8.23. The monoisotopic (exact) mass is 333 g/mol. The van der Waals surface area contributed by atoms with Crippen LogP contribution in [-0.2, 0) is 16.0 Å². The highest BCUT2D eigenvalue weighted by Crippen LogP contribution is 2.21. The van der Waals surface area contributed by atoms with Crippen molar-refractivity contribution in [2.75, 3.05) is 26.3 Å². The highest BCUT2D eigenvalue weighted by atomic mass is 16.6. The van der Waals surface area contributed by atoms with Crippen molar-refractivity contribution in [2.24, 2.45) is 0 Å². The number of hydrogen-bond acceptors (Lipinski definition) is 5. The standard InChI is InChI=1S/C19H27NO4/c1-3-10-23-18-16(21)13-20(12-15-8-6-5-7-9-15)14-17(22)19(18)24-11-4-2/h3-9,16-19,21-22H,1-2,10-14H2/t16-,17-,18+,19+/m0/s1. The van der Waals surface area contributed by atoms with E-state index in [0.717, 1.165) is 5.56 Å². The van der Waals surface area contributed by atoms with Gasteiger partial charge in [0, 0.05) is 19.6 Å². The van der Waals surface area contributed by atoms with E-state index in [0.29, 0.717) is 32.8 Å². The van der Waals surface area contributed by atoms with E-state index in [-0.39, 0.29) is 0 Å². The molecule has 1 aromatic carbocycles. The Balaban J connectivity index is 2.11. The van der Waals surface area contributed by atoms with E-state index < -0.39 is 24.4 Å². The van der Waals surface area contributed by atoms with Crippen LogP contribution in [0.2, 0.25) is 0 Å². The van der Waals surface area contributed by atoms with Crippen molar-refractivity contribution >= 4 is 0 Å². The van der Waals surface area contributed by atoms with E-state index in [2.05, 4.69) is 13.2 Å². The van der Waals surface area contributed by atoms with Crippen molar-refractivity contribution in [1.29, 1.82) is 0 Å². The molecule has 1 aliphatic heterocycles. The topological polar surface area (TPSA) is 62.2 Å². The summed E-state index contributed by atoms with van der Waals surface area (Å²) in [7, 11) is 0. The molecule has 0 aromatic heterocycles. The molecule has 5 heteroatoms. The lowest BCUT2D eigenvalue weighted by Gasteiger charge is -2.30. The van der Waals surface area contributed by atoms with Gasteiger partial charge in [-0.3, -0.25) is 4.90 Å². The zero-order valence-electron chi connectivity index (χ0n) is 14.0. The first-order valence-corrected chi connectivity index (χ1v) is 8.23. The van der Waals surface area contributed by atoms with Gasteiger partial charge in [-0.15, -0.1) is 13.2 Å². The fraction of sp³-hybridized carbons (Fsp3) is 0.474. The van der Waals surface area contributed by atoms with Gasteiger partial charge in [0.1, 0.15) is 12.2 Å². The number of aliphatic hydroxyl groups is 2. The van der Waals surface area contributed by atoms with Crippen molar-refractivity contribution in [1.82, 2.24) is 4.90 Å². The summed E-state index contributed by atoms with van der Waals surface area (Å²) in [6, 6.07) is 9.98. The van der Waals surface area contributed by atoms with Gasteiger partial charge < -0.3 is 19.7 Å². The minimum absolute atomic E-state index is 0.293. The molecule has 0 amide bonds. The van der Waals surface area contributed by atoms with Gasteiger partial charge in [0.05, 0.1) is 25.4 Å². The van der Waals surface area contributed by atoms with Crippen molar-refractivity contribution in [3.05, 3.63) is 61.2 Å². The highest BCUT2D eigenvalue weighted by molar-refractivity contribution is 5.14. The zero-order valence-corrected chi connectivity index (χ0v) is 14.0. The van der Waals surface area contributed by atoms with Crippen LogP contribution in [0.4, 0.5) is 0 Å². The van der Waals surface area contributed by atoms with Crippen molar-refractivity contribution in [3.63, 3.8) is 0 Å². The van der Waals surface area contributed by atoms with Gasteiger partial charge in [0.2, 0.25) is 0 Å². The van der Waals surface area contributed by atoms with E-state index >= 15 is 0 Å². The third kappa shape index (κ3) is 5.26. The van der Waals surface area contributed by atoms with Crippen LogP contribution in [-0.4, -0.2) is 65.8 Å². The molecule has 2 rings (SSSR count). The molecule has 1 aromatic rings. The molecule has 5 nitrogen and oxygen atoms in total. The second kappa shape index (κ2) is 9.71. The lowest BCUT2D eigenvalue weighted by atomic mass is 10.0. The summed E-state index contributed by atoms with van der Waals surface area (Å²) in [5.74, 6) is 0. The molecule has 1 fully saturated rings. The maximum absolute atomic E-state index is 10.6. The Morgan fingerprint density at radius 2 is 1.46 bits per heavy atom. The van der Waals surface area contributed by atoms with Crippen LogP contribution in [0.3, 0.4) is 0 Å². The van der Waals surface area contributed by atoms with Gasteiger partial charge in [0.25, 0.3) is 0 Å². The molecule has 1 saturated heterocycles. The largest absolute Gasteiger partial charge is 0.389 e. The Morgan fingerprint density at radius 1 is 0.958 bits per heavy atom. The lowest BCUT2D eigenvalue weighted by Crippen LogP contribution is -2.47. The molecular weight excluding hydrogens is 306 g/mol. The van der Waals surface area contributed by atoms with Gasteiger partial charge in [-0.05, 0) is 5.56 Å². The number of likely N-dealkylation sites (tertiary alicyclic amines) is 1. The Labute approximate surface area is 143 Å². The lowest BCUT2D eigenvalue weighted by molar-refractivity contribution is -0.136. The number of β-amino-alcohol motifs (C(OH)–C–C–N with tert-alkyl or cyclic N) is 2. The summed E-state index contributed by atoms with van der Waals surface area (Å²) in [5.41, 5.74) is 1.13. The van der Waals surface area contributed by atoms with E-state index in [4.69, 9.17) is 9.47 Å². The average Bonchev–Trinajstić information content (AvgIpc) is 2.68. The normalized spacial score (nSPS) is 28.2. The maximum atomic E-state index is 10.6. The fourth-order valence-corrected chi connectivity index (χ4v) is 2.99. The second-order valence-corrected chi connectivity index (χ2v) is 5.99. The maximum Gasteiger partial charge on any atom is 0.114 e. The Bertz CT molecular complexity index is 481. The molecule has 0 bridgehead atoms. The summed E-state index contributed by atoms with van der Waals surface area (Å²) < 4.78 is 11.4. The Morgan fingerprint density at radius 3 is 1.92 bits per heavy atom. The van der Waals surface area contributed by atoms with Gasteiger partial charge >= 0.3 is 0 Å². The quantitative estimate of drug-likeness (QED) is 0.704. The second-order valence-electron chi connectivity index (χ2n) is 5.99. The summed E-state index contributed by atoms with van der Waals surface area (Å²) in [6.45, 7) is 9.31. The molecule has 0 unspecified atom stereocenters. The van der Waals surface area contributed by atoms with E-state index in [1.807, 2.05) is 35.2 Å². The number of benzene rings is 1. The van der Waals surface area contributed by atoms with Gasteiger partial charge in [-0.25, -0.2) is 0 Å². The number of ether oxygens (including phenoxy) is 2. The van der Waals surface area contributed by atoms with Crippen molar-refractivity contribution < 1.29 is 19.7 Å². The zero-order chi connectivity index (χ0) is 17.4. The van der Waals surface area contributed by atoms with E-state index in [1.54, 1.807) is 12.2 Å². The minimum Gasteiger partial charge on any atom is -0.389 e. The summed E-state index contributed by atoms with van der Waals surface area (Å²) in [6.07, 6.45) is 0.491. The molecule has 2 N–H and O–H groups in total. The van der Waals surface area contributed by atoms with Gasteiger partial charge in [-0.1, -0.05) is 42.5 Å². The molecule has 1 aliphatic rings. The van der Waals surface area contributed by atoms with Crippen LogP contribution in [0.25, 0.3) is 0 Å². The van der Waals surface area contributed by atoms with Crippen LogP contribution >= 0.6 is 0 Å². The third-order valence-corrected chi connectivity index (χ3v) is 4.03. The molecular formula is C19H27NO4. The van der Waals surface area contributed by atoms with E-state index in [1.165, 1.54) is 0 Å². The molecule has 0 saturated carbocycles. The molecule has 0 aliphatic carbocycles. The number of nitrogens with zero attached hydrogens (tertiary/aromatic N) is 1. The molecule has 132 valence electrons. The summed E-state index contributed by atoms with van der Waals surface area (Å²) in [4.78, 5) is 2.02. The Kier molecular flexibility index (Phi) is 7.62. The molecule has 24 heavy (non-hydrogen) atoms. The molecule has 0 spiro atoms. The number of rotatable bonds is 8. The molecule has 0 radical (unpaired) electrons. The van der Waals surface area contributed by atoms with Gasteiger partial charge in [-0.2, -0.15) is 0 Å². The van der Waals surface area contributed by atoms with Crippen LogP contribution < -0.4 is 0 Å². The number of aliphatic hydroxyl groups excluding tert-OH is 2. The fourth-order valence-electron chi connectivity index (χ4n) is 2.99. The molecule has 4 atom stereocenters. The van der Waals surface area contributed by atoms with Crippen LogP contribution in [0.5, 0.6) is 0 Å². The molecule has 1 heterocycles. The Hall–Kier alpha value is -1.50. The third-order valence-electron chi connectivity index (χ3n) is 4.03. The smallest absolute Gasteiger partial charge is 0.114 e. The van der Waals surface area contributed by atoms with Crippen molar-refractivity contribution in [3.8, 4) is 0 Å².